The summed E-state index contributed by atoms with van der Waals surface area (Å²) in [6.07, 6.45) is 2.97. The predicted molar refractivity (Wildman–Crippen MR) is 101 cm³/mol. The van der Waals surface area contributed by atoms with Crippen LogP contribution in [0.2, 0.25) is 0 Å². The van der Waals surface area contributed by atoms with E-state index in [0.717, 1.165) is 30.2 Å². The molecule has 3 atom stereocenters. The number of benzene rings is 1. The molecular formula is C19H34O4Si. The van der Waals surface area contributed by atoms with Gasteiger partial charge in [0.05, 0.1) is 7.11 Å². The van der Waals surface area contributed by atoms with Crippen molar-refractivity contribution in [2.45, 2.75) is 79.1 Å². The Bertz CT molecular complexity index is 432. The zero-order valence-corrected chi connectivity index (χ0v) is 17.3. The molecule has 1 aromatic carbocycles. The number of hydrogen-bond acceptors (Lipinski definition) is 4. The molecule has 0 aliphatic carbocycles. The maximum atomic E-state index is 6.45. The minimum absolute atomic E-state index is 0.0758. The van der Waals surface area contributed by atoms with Crippen molar-refractivity contribution in [2.24, 2.45) is 0 Å². The molecule has 138 valence electrons. The lowest BCUT2D eigenvalue weighted by Gasteiger charge is -2.36. The first kappa shape index (κ1) is 21.2. The van der Waals surface area contributed by atoms with Gasteiger partial charge in [0.15, 0.2) is 0 Å². The molecule has 0 saturated carbocycles. The van der Waals surface area contributed by atoms with Crippen LogP contribution in [-0.4, -0.2) is 34.2 Å². The maximum absolute atomic E-state index is 6.45. The normalized spacial score (nSPS) is 17.8. The molecule has 0 aliphatic rings. The molecular weight excluding hydrogens is 320 g/mol. The summed E-state index contributed by atoms with van der Waals surface area (Å²) in [5.41, 5.74) is 0. The van der Waals surface area contributed by atoms with E-state index in [4.69, 9.17) is 18.0 Å². The second kappa shape index (κ2) is 10.2. The van der Waals surface area contributed by atoms with Gasteiger partial charge >= 0.3 is 8.80 Å². The Kier molecular flexibility index (Phi) is 8.98. The molecule has 3 unspecified atom stereocenters. The average Bonchev–Trinajstić information content (AvgIpc) is 2.61. The first-order valence-corrected chi connectivity index (χ1v) is 10.8. The highest BCUT2D eigenvalue weighted by molar-refractivity contribution is 6.75. The fraction of sp³-hybridized carbons (Fsp3) is 0.684. The van der Waals surface area contributed by atoms with E-state index in [1.54, 1.807) is 7.11 Å². The van der Waals surface area contributed by atoms with E-state index in [1.807, 2.05) is 24.3 Å². The minimum Gasteiger partial charge on any atom is -0.497 e. The Labute approximate surface area is 148 Å². The van der Waals surface area contributed by atoms with Crippen molar-refractivity contribution in [3.8, 4) is 5.75 Å². The molecule has 0 aliphatic heterocycles. The van der Waals surface area contributed by atoms with Gasteiger partial charge in [-0.25, -0.2) is 0 Å². The summed E-state index contributed by atoms with van der Waals surface area (Å²) >= 11 is 0. The highest BCUT2D eigenvalue weighted by atomic mass is 28.4. The van der Waals surface area contributed by atoms with Crippen molar-refractivity contribution in [2.75, 3.05) is 7.11 Å². The van der Waals surface area contributed by atoms with Crippen molar-refractivity contribution < 1.29 is 18.0 Å². The maximum Gasteiger partial charge on any atom is 0.537 e. The quantitative estimate of drug-likeness (QED) is 0.556. The Morgan fingerprint density at radius 3 is 1.42 bits per heavy atom. The lowest BCUT2D eigenvalue weighted by atomic mass is 10.3. The minimum atomic E-state index is -3.02. The van der Waals surface area contributed by atoms with Crippen LogP contribution in [0.4, 0.5) is 0 Å². The molecule has 1 rings (SSSR count). The summed E-state index contributed by atoms with van der Waals surface area (Å²) in [5.74, 6) is 0.817. The predicted octanol–water partition coefficient (Wildman–Crippen LogP) is 4.29. The van der Waals surface area contributed by atoms with Gasteiger partial charge in [0.2, 0.25) is 0 Å². The summed E-state index contributed by atoms with van der Waals surface area (Å²) in [5, 5.41) is 0.990. The van der Waals surface area contributed by atoms with Crippen LogP contribution in [0.5, 0.6) is 5.75 Å². The third-order valence-electron chi connectivity index (χ3n) is 4.24. The van der Waals surface area contributed by atoms with Crippen LogP contribution in [0.15, 0.2) is 24.3 Å². The van der Waals surface area contributed by atoms with E-state index in [2.05, 4.69) is 41.5 Å². The number of ether oxygens (including phenoxy) is 1. The van der Waals surface area contributed by atoms with Crippen molar-refractivity contribution in [3.63, 3.8) is 0 Å². The molecule has 0 heterocycles. The third-order valence-corrected chi connectivity index (χ3v) is 7.42. The zero-order chi connectivity index (χ0) is 18.2. The summed E-state index contributed by atoms with van der Waals surface area (Å²) < 4.78 is 24.6. The Balaban J connectivity index is 3.28. The van der Waals surface area contributed by atoms with Crippen molar-refractivity contribution in [1.29, 1.82) is 0 Å². The van der Waals surface area contributed by atoms with Gasteiger partial charge in [-0.05, 0) is 52.2 Å². The van der Waals surface area contributed by atoms with Gasteiger partial charge < -0.3 is 18.0 Å². The van der Waals surface area contributed by atoms with Gasteiger partial charge in [-0.15, -0.1) is 0 Å². The standard InChI is InChI=1S/C19H34O4Si/c1-8-15(4)21-24(22-16(5)9-2,23-17(6)10-3)19-13-11-18(20-7)12-14-19/h11-17H,8-10H2,1-7H3. The molecule has 0 aromatic heterocycles. The topological polar surface area (TPSA) is 36.9 Å². The van der Waals surface area contributed by atoms with E-state index >= 15 is 0 Å². The van der Waals surface area contributed by atoms with Crippen molar-refractivity contribution >= 4 is 14.0 Å². The molecule has 1 aromatic rings. The Morgan fingerprint density at radius 1 is 0.750 bits per heavy atom. The summed E-state index contributed by atoms with van der Waals surface area (Å²) in [6, 6.07) is 7.91. The van der Waals surface area contributed by atoms with Crippen LogP contribution in [0.1, 0.15) is 60.8 Å². The lowest BCUT2D eigenvalue weighted by molar-refractivity contribution is 0.000761. The van der Waals surface area contributed by atoms with Gasteiger partial charge in [0.1, 0.15) is 5.75 Å². The van der Waals surface area contributed by atoms with Crippen LogP contribution in [0, 0.1) is 0 Å². The molecule has 5 heteroatoms. The second-order valence-corrected chi connectivity index (χ2v) is 8.69. The molecule has 0 radical (unpaired) electrons. The second-order valence-electron chi connectivity index (χ2n) is 6.29. The highest BCUT2D eigenvalue weighted by Gasteiger charge is 2.47. The fourth-order valence-electron chi connectivity index (χ4n) is 2.13. The Morgan fingerprint density at radius 2 is 1.12 bits per heavy atom. The molecule has 0 N–H and O–H groups in total. The summed E-state index contributed by atoms with van der Waals surface area (Å²) in [4.78, 5) is 0. The molecule has 0 spiro atoms. The van der Waals surface area contributed by atoms with Gasteiger partial charge in [-0.1, -0.05) is 32.9 Å². The summed E-state index contributed by atoms with van der Waals surface area (Å²) in [6.45, 7) is 12.6. The van der Waals surface area contributed by atoms with Crippen molar-refractivity contribution in [1.82, 2.24) is 0 Å². The largest absolute Gasteiger partial charge is 0.537 e. The molecule has 0 bridgehead atoms. The van der Waals surface area contributed by atoms with Crippen LogP contribution in [0.25, 0.3) is 0 Å². The van der Waals surface area contributed by atoms with E-state index in [9.17, 15) is 0 Å². The molecule has 0 amide bonds. The summed E-state index contributed by atoms with van der Waals surface area (Å²) in [7, 11) is -1.35. The number of hydrogen-bond donors (Lipinski definition) is 0. The first-order valence-electron chi connectivity index (χ1n) is 9.08. The van der Waals surface area contributed by atoms with Crippen LogP contribution >= 0.6 is 0 Å². The zero-order valence-electron chi connectivity index (χ0n) is 16.3. The number of methoxy groups -OCH3 is 1. The van der Waals surface area contributed by atoms with Gasteiger partial charge in [0, 0.05) is 23.5 Å². The fourth-order valence-corrected chi connectivity index (χ4v) is 5.37. The van der Waals surface area contributed by atoms with E-state index in [1.165, 1.54) is 0 Å². The Hall–Kier alpha value is -0.883. The van der Waals surface area contributed by atoms with Crippen LogP contribution in [0.3, 0.4) is 0 Å². The van der Waals surface area contributed by atoms with Crippen LogP contribution in [-0.2, 0) is 13.3 Å². The van der Waals surface area contributed by atoms with Gasteiger partial charge in [0.25, 0.3) is 0 Å². The van der Waals surface area contributed by atoms with Gasteiger partial charge in [-0.3, -0.25) is 0 Å². The third kappa shape index (κ3) is 5.88. The van der Waals surface area contributed by atoms with E-state index in [-0.39, 0.29) is 18.3 Å². The smallest absolute Gasteiger partial charge is 0.497 e. The lowest BCUT2D eigenvalue weighted by Crippen LogP contribution is -2.60. The van der Waals surface area contributed by atoms with Crippen molar-refractivity contribution in [3.05, 3.63) is 24.3 Å². The monoisotopic (exact) mass is 354 g/mol. The molecule has 4 nitrogen and oxygen atoms in total. The van der Waals surface area contributed by atoms with E-state index < -0.39 is 8.80 Å². The molecule has 0 fully saturated rings. The highest BCUT2D eigenvalue weighted by Crippen LogP contribution is 2.22. The SMILES string of the molecule is CCC(C)O[Si](OC(C)CC)(OC(C)CC)c1ccc(OC)cc1. The first-order chi connectivity index (χ1) is 11.4. The molecule has 0 saturated heterocycles. The van der Waals surface area contributed by atoms with Crippen LogP contribution < -0.4 is 9.92 Å². The number of rotatable bonds is 11. The van der Waals surface area contributed by atoms with E-state index in [0.29, 0.717) is 0 Å². The van der Waals surface area contributed by atoms with Gasteiger partial charge in [-0.2, -0.15) is 0 Å². The molecule has 24 heavy (non-hydrogen) atoms. The average molecular weight is 355 g/mol.